The molecule has 0 radical (unpaired) electrons. The summed E-state index contributed by atoms with van der Waals surface area (Å²) >= 11 is 0. The lowest BCUT2D eigenvalue weighted by Crippen LogP contribution is -2.30. The molecule has 1 unspecified atom stereocenters. The molecule has 1 heterocycles. The number of benzene rings is 1. The Kier molecular flexibility index (Phi) is 3.97. The van der Waals surface area contributed by atoms with Gasteiger partial charge in [0, 0.05) is 25.3 Å². The number of nitrogens with zero attached hydrogens (tertiary/aromatic N) is 1. The van der Waals surface area contributed by atoms with Gasteiger partial charge in [-0.25, -0.2) is 4.39 Å². The average Bonchev–Trinajstić information content (AvgIpc) is 2.53. The zero-order valence-corrected chi connectivity index (χ0v) is 10.8. The second-order valence-electron chi connectivity index (χ2n) is 4.70. The van der Waals surface area contributed by atoms with Gasteiger partial charge < -0.3 is 9.64 Å². The number of halogens is 1. The van der Waals surface area contributed by atoms with Gasteiger partial charge in [0.15, 0.2) is 5.78 Å². The lowest BCUT2D eigenvalue weighted by atomic mass is 10.1. The van der Waals surface area contributed by atoms with Gasteiger partial charge in [0.2, 0.25) is 0 Å². The zero-order chi connectivity index (χ0) is 13.1. The predicted octanol–water partition coefficient (Wildman–Crippen LogP) is 2.64. The van der Waals surface area contributed by atoms with Gasteiger partial charge in [0.05, 0.1) is 11.8 Å². The van der Waals surface area contributed by atoms with Crippen LogP contribution in [-0.4, -0.2) is 31.6 Å². The summed E-state index contributed by atoms with van der Waals surface area (Å²) in [6.07, 6.45) is 0.984. The smallest absolute Gasteiger partial charge is 0.159 e. The van der Waals surface area contributed by atoms with Gasteiger partial charge in [-0.15, -0.1) is 0 Å². The van der Waals surface area contributed by atoms with E-state index in [-0.39, 0.29) is 17.7 Å². The van der Waals surface area contributed by atoms with E-state index < -0.39 is 0 Å². The normalized spacial score (nSPS) is 20.6. The van der Waals surface area contributed by atoms with Crippen molar-refractivity contribution in [3.8, 4) is 0 Å². The Morgan fingerprint density at radius 2 is 2.28 bits per heavy atom. The number of carbonyl (C=O) groups is 1. The minimum atomic E-state index is -0.336. The second kappa shape index (κ2) is 5.48. The Labute approximate surface area is 107 Å². The number of hydrogen-bond donors (Lipinski definition) is 0. The average molecular weight is 251 g/mol. The van der Waals surface area contributed by atoms with Crippen LogP contribution in [0.15, 0.2) is 18.2 Å². The van der Waals surface area contributed by atoms with Crippen molar-refractivity contribution in [2.24, 2.45) is 0 Å². The highest BCUT2D eigenvalue weighted by Crippen LogP contribution is 2.23. The molecule has 1 aliphatic rings. The van der Waals surface area contributed by atoms with Crippen LogP contribution >= 0.6 is 0 Å². The Morgan fingerprint density at radius 1 is 1.50 bits per heavy atom. The Hall–Kier alpha value is -1.42. The third-order valence-corrected chi connectivity index (χ3v) is 3.15. The fraction of sp³-hybridized carbons (Fsp3) is 0.500. The fourth-order valence-corrected chi connectivity index (χ4v) is 2.20. The summed E-state index contributed by atoms with van der Waals surface area (Å²) in [6.45, 7) is 5.60. The maximum absolute atomic E-state index is 14.0. The van der Waals surface area contributed by atoms with Crippen molar-refractivity contribution in [1.82, 2.24) is 0 Å². The second-order valence-corrected chi connectivity index (χ2v) is 4.70. The molecule has 0 spiro atoms. The summed E-state index contributed by atoms with van der Waals surface area (Å²) in [5.41, 5.74) is 0.965. The lowest BCUT2D eigenvalue weighted by Gasteiger charge is -2.24. The molecule has 0 N–H and O–H groups in total. The van der Waals surface area contributed by atoms with E-state index in [1.807, 2.05) is 11.8 Å². The Bertz CT molecular complexity index is 447. The van der Waals surface area contributed by atoms with E-state index >= 15 is 0 Å². The van der Waals surface area contributed by atoms with Crippen LogP contribution in [0, 0.1) is 5.82 Å². The van der Waals surface area contributed by atoms with Crippen LogP contribution < -0.4 is 4.90 Å². The van der Waals surface area contributed by atoms with Crippen molar-refractivity contribution in [1.29, 1.82) is 0 Å². The van der Waals surface area contributed by atoms with Gasteiger partial charge >= 0.3 is 0 Å². The third-order valence-electron chi connectivity index (χ3n) is 3.15. The zero-order valence-electron chi connectivity index (χ0n) is 10.8. The molecule has 1 fully saturated rings. The molecule has 18 heavy (non-hydrogen) atoms. The summed E-state index contributed by atoms with van der Waals surface area (Å²) in [7, 11) is 0. The van der Waals surface area contributed by atoms with Gasteiger partial charge in [-0.3, -0.25) is 4.79 Å². The highest BCUT2D eigenvalue weighted by molar-refractivity contribution is 5.94. The van der Waals surface area contributed by atoms with Crippen LogP contribution in [0.3, 0.4) is 0 Å². The number of anilines is 1. The molecule has 4 heteroatoms. The van der Waals surface area contributed by atoms with Gasteiger partial charge in [-0.05, 0) is 38.5 Å². The van der Waals surface area contributed by atoms with E-state index in [0.29, 0.717) is 24.4 Å². The molecular formula is C14H18FNO2. The van der Waals surface area contributed by atoms with E-state index in [1.54, 1.807) is 12.1 Å². The Morgan fingerprint density at radius 3 is 2.94 bits per heavy atom. The predicted molar refractivity (Wildman–Crippen MR) is 68.6 cm³/mol. The van der Waals surface area contributed by atoms with E-state index in [1.165, 1.54) is 13.0 Å². The monoisotopic (exact) mass is 251 g/mol. The molecule has 3 nitrogen and oxygen atoms in total. The maximum Gasteiger partial charge on any atom is 0.159 e. The van der Waals surface area contributed by atoms with Gasteiger partial charge in [-0.2, -0.15) is 0 Å². The summed E-state index contributed by atoms with van der Waals surface area (Å²) in [6, 6.07) is 4.68. The molecule has 1 atom stereocenters. The number of ether oxygens (including phenoxy) is 1. The minimum Gasteiger partial charge on any atom is -0.377 e. The van der Waals surface area contributed by atoms with Crippen molar-refractivity contribution in [2.75, 3.05) is 24.6 Å². The topological polar surface area (TPSA) is 29.5 Å². The molecular weight excluding hydrogens is 233 g/mol. The lowest BCUT2D eigenvalue weighted by molar-refractivity contribution is 0.0820. The number of hydrogen-bond acceptors (Lipinski definition) is 3. The molecule has 0 aliphatic carbocycles. The van der Waals surface area contributed by atoms with Crippen molar-refractivity contribution in [3.05, 3.63) is 29.6 Å². The molecule has 98 valence electrons. The molecule has 0 amide bonds. The van der Waals surface area contributed by atoms with Crippen molar-refractivity contribution in [3.63, 3.8) is 0 Å². The number of Topliss-reactive ketones (excluding diaryl/α,β-unsaturated/α-hetero) is 1. The highest BCUT2D eigenvalue weighted by atomic mass is 19.1. The molecule has 1 aromatic rings. The maximum atomic E-state index is 14.0. The van der Waals surface area contributed by atoms with Crippen molar-refractivity contribution in [2.45, 2.75) is 26.4 Å². The number of rotatable bonds is 2. The standard InChI is InChI=1S/C14H18FNO2/c1-10-9-16(6-3-7-18-10)14-5-4-12(11(2)17)8-13(14)15/h4-5,8,10H,3,6-7,9H2,1-2H3. The molecule has 2 rings (SSSR count). The molecule has 1 saturated heterocycles. The van der Waals surface area contributed by atoms with Crippen LogP contribution in [-0.2, 0) is 4.74 Å². The SMILES string of the molecule is CC(=O)c1ccc(N2CCCOC(C)C2)c(F)c1. The highest BCUT2D eigenvalue weighted by Gasteiger charge is 2.18. The largest absolute Gasteiger partial charge is 0.377 e. The first-order valence-corrected chi connectivity index (χ1v) is 6.25. The molecule has 0 bridgehead atoms. The van der Waals surface area contributed by atoms with E-state index in [2.05, 4.69) is 0 Å². The third kappa shape index (κ3) is 2.88. The molecule has 1 aromatic carbocycles. The van der Waals surface area contributed by atoms with Gasteiger partial charge in [0.1, 0.15) is 5.82 Å². The van der Waals surface area contributed by atoms with Gasteiger partial charge in [0.25, 0.3) is 0 Å². The summed E-state index contributed by atoms with van der Waals surface area (Å²) in [5.74, 6) is -0.454. The quantitative estimate of drug-likeness (QED) is 0.757. The van der Waals surface area contributed by atoms with Crippen LogP contribution in [0.1, 0.15) is 30.6 Å². The number of ketones is 1. The first-order valence-electron chi connectivity index (χ1n) is 6.25. The summed E-state index contributed by atoms with van der Waals surface area (Å²) in [4.78, 5) is 13.2. The molecule has 0 saturated carbocycles. The van der Waals surface area contributed by atoms with Crippen LogP contribution in [0.5, 0.6) is 0 Å². The molecule has 0 aromatic heterocycles. The Balaban J connectivity index is 2.24. The number of carbonyl (C=O) groups excluding carboxylic acids is 1. The first kappa shape index (κ1) is 13.0. The minimum absolute atomic E-state index is 0.0967. The van der Waals surface area contributed by atoms with E-state index in [9.17, 15) is 9.18 Å². The molecule has 1 aliphatic heterocycles. The first-order chi connectivity index (χ1) is 8.58. The van der Waals surface area contributed by atoms with Crippen LogP contribution in [0.4, 0.5) is 10.1 Å². The van der Waals surface area contributed by atoms with E-state index in [0.717, 1.165) is 13.0 Å². The van der Waals surface area contributed by atoms with Crippen LogP contribution in [0.2, 0.25) is 0 Å². The van der Waals surface area contributed by atoms with Gasteiger partial charge in [-0.1, -0.05) is 0 Å². The van der Waals surface area contributed by atoms with E-state index in [4.69, 9.17) is 4.74 Å². The van der Waals surface area contributed by atoms with Crippen LogP contribution in [0.25, 0.3) is 0 Å². The fourth-order valence-electron chi connectivity index (χ4n) is 2.20. The summed E-state index contributed by atoms with van der Waals surface area (Å²) < 4.78 is 19.6. The van der Waals surface area contributed by atoms with Crippen molar-refractivity contribution < 1.29 is 13.9 Å². The summed E-state index contributed by atoms with van der Waals surface area (Å²) in [5, 5.41) is 0. The van der Waals surface area contributed by atoms with Crippen molar-refractivity contribution >= 4 is 11.5 Å².